The fourth-order valence-corrected chi connectivity index (χ4v) is 7.05. The zero-order valence-corrected chi connectivity index (χ0v) is 30.6. The molecular formula is C41H66O5. The lowest BCUT2D eigenvalue weighted by atomic mass is 9.85. The fourth-order valence-electron chi connectivity index (χ4n) is 7.05. The van der Waals surface area contributed by atoms with Gasteiger partial charge in [-0.15, -0.1) is 6.58 Å². The van der Waals surface area contributed by atoms with Gasteiger partial charge >= 0.3 is 0 Å². The minimum Gasteiger partial charge on any atom is -0.496 e. The first-order valence-corrected chi connectivity index (χ1v) is 18.0. The second-order valence-corrected chi connectivity index (χ2v) is 13.4. The van der Waals surface area contributed by atoms with Crippen molar-refractivity contribution in [3.05, 3.63) is 59.2 Å². The number of ether oxygens (including phenoxy) is 4. The average Bonchev–Trinajstić information content (AvgIpc) is 3.05. The molecule has 0 aliphatic heterocycles. The molecule has 0 aliphatic rings. The number of allylic oxidation sites excluding steroid dienone is 1. The molecule has 5 nitrogen and oxygen atoms in total. The molecule has 2 aromatic carbocycles. The monoisotopic (exact) mass is 638 g/mol. The molecule has 2 rings (SSSR count). The van der Waals surface area contributed by atoms with Gasteiger partial charge in [0.15, 0.2) is 0 Å². The quantitative estimate of drug-likeness (QED) is 0.0866. The van der Waals surface area contributed by atoms with Gasteiger partial charge in [-0.3, -0.25) is 0 Å². The van der Waals surface area contributed by atoms with Gasteiger partial charge < -0.3 is 24.1 Å². The largest absolute Gasteiger partial charge is 0.496 e. The Labute approximate surface area is 282 Å². The number of unbranched alkanes of at least 4 members (excludes halogenated alkanes) is 3. The Morgan fingerprint density at radius 3 is 1.41 bits per heavy atom. The van der Waals surface area contributed by atoms with Crippen LogP contribution in [-0.4, -0.2) is 40.2 Å². The number of aliphatic hydroxyl groups is 1. The molecule has 0 bridgehead atoms. The van der Waals surface area contributed by atoms with Gasteiger partial charge in [0.2, 0.25) is 0 Å². The third-order valence-corrected chi connectivity index (χ3v) is 9.58. The summed E-state index contributed by atoms with van der Waals surface area (Å²) in [5.74, 6) is 5.50. The molecule has 0 unspecified atom stereocenters. The van der Waals surface area contributed by atoms with E-state index in [9.17, 15) is 5.11 Å². The van der Waals surface area contributed by atoms with E-state index in [1.165, 1.54) is 67.2 Å². The molecule has 46 heavy (non-hydrogen) atoms. The third-order valence-electron chi connectivity index (χ3n) is 9.58. The van der Waals surface area contributed by atoms with Crippen molar-refractivity contribution < 1.29 is 24.1 Å². The summed E-state index contributed by atoms with van der Waals surface area (Å²) in [6.07, 6.45) is 17.3. The van der Waals surface area contributed by atoms with Gasteiger partial charge in [-0.05, 0) is 104 Å². The normalized spacial score (nSPS) is 13.9. The highest BCUT2D eigenvalue weighted by Gasteiger charge is 2.24. The van der Waals surface area contributed by atoms with Crippen LogP contribution >= 0.6 is 0 Å². The van der Waals surface area contributed by atoms with E-state index < -0.39 is 0 Å². The predicted octanol–water partition coefficient (Wildman–Crippen LogP) is 10.8. The van der Waals surface area contributed by atoms with Crippen LogP contribution in [0.4, 0.5) is 0 Å². The second-order valence-electron chi connectivity index (χ2n) is 13.4. The molecule has 5 heteroatoms. The maximum atomic E-state index is 9.37. The molecule has 0 heterocycles. The van der Waals surface area contributed by atoms with Gasteiger partial charge in [-0.2, -0.15) is 0 Å². The van der Waals surface area contributed by atoms with Crippen LogP contribution in [0.25, 0.3) is 0 Å². The summed E-state index contributed by atoms with van der Waals surface area (Å²) in [5, 5.41) is 9.37. The first-order valence-electron chi connectivity index (χ1n) is 18.0. The molecule has 4 atom stereocenters. The molecule has 0 aliphatic carbocycles. The first kappa shape index (κ1) is 39.5. The number of aliphatic hydroxyl groups excluding tert-OH is 1. The lowest BCUT2D eigenvalue weighted by Gasteiger charge is -2.24. The molecule has 0 amide bonds. The highest BCUT2D eigenvalue weighted by atomic mass is 16.5. The summed E-state index contributed by atoms with van der Waals surface area (Å²) in [5.41, 5.74) is 4.89. The van der Waals surface area contributed by atoms with Crippen LogP contribution in [0.3, 0.4) is 0 Å². The minimum absolute atomic E-state index is 0.218. The molecule has 0 saturated heterocycles. The van der Waals surface area contributed by atoms with E-state index in [1.807, 2.05) is 6.08 Å². The maximum Gasteiger partial charge on any atom is 0.126 e. The first-order chi connectivity index (χ1) is 22.3. The Hall–Kier alpha value is -2.66. The Morgan fingerprint density at radius 1 is 0.609 bits per heavy atom. The van der Waals surface area contributed by atoms with E-state index in [2.05, 4.69) is 58.5 Å². The molecule has 0 radical (unpaired) electrons. The Bertz CT molecular complexity index is 1090. The number of hydrogen-bond acceptors (Lipinski definition) is 5. The highest BCUT2D eigenvalue weighted by Crippen LogP contribution is 2.43. The van der Waals surface area contributed by atoms with E-state index in [4.69, 9.17) is 18.9 Å². The van der Waals surface area contributed by atoms with E-state index in [0.29, 0.717) is 23.7 Å². The van der Waals surface area contributed by atoms with Gasteiger partial charge in [-0.25, -0.2) is 0 Å². The second kappa shape index (κ2) is 22.0. The van der Waals surface area contributed by atoms with Crippen LogP contribution < -0.4 is 18.9 Å². The summed E-state index contributed by atoms with van der Waals surface area (Å²) in [6.45, 7) is 13.3. The number of methoxy groups -OCH3 is 4. The summed E-state index contributed by atoms with van der Waals surface area (Å²) >= 11 is 0. The van der Waals surface area contributed by atoms with E-state index in [0.717, 1.165) is 67.9 Å². The van der Waals surface area contributed by atoms with Crippen molar-refractivity contribution in [3.63, 3.8) is 0 Å². The third kappa shape index (κ3) is 12.2. The Morgan fingerprint density at radius 2 is 1.00 bits per heavy atom. The fraction of sp³-hybridized carbons (Fsp3) is 0.659. The average molecular weight is 639 g/mol. The molecule has 2 aromatic rings. The molecule has 260 valence electrons. The molecule has 0 spiro atoms. The molecular weight excluding hydrogens is 572 g/mol. The topological polar surface area (TPSA) is 57.2 Å². The summed E-state index contributed by atoms with van der Waals surface area (Å²) < 4.78 is 23.9. The van der Waals surface area contributed by atoms with E-state index in [1.54, 1.807) is 28.4 Å². The van der Waals surface area contributed by atoms with E-state index in [-0.39, 0.29) is 6.61 Å². The van der Waals surface area contributed by atoms with Crippen LogP contribution in [0.1, 0.15) is 139 Å². The molecule has 0 fully saturated rings. The van der Waals surface area contributed by atoms with Crippen molar-refractivity contribution in [1.29, 1.82) is 0 Å². The number of benzene rings is 2. The number of hydrogen-bond donors (Lipinski definition) is 1. The Kier molecular flexibility index (Phi) is 18.9. The molecule has 0 aromatic heterocycles. The van der Waals surface area contributed by atoms with Gasteiger partial charge in [-0.1, -0.05) is 78.7 Å². The van der Waals surface area contributed by atoms with Crippen molar-refractivity contribution in [2.45, 2.75) is 129 Å². The summed E-state index contributed by atoms with van der Waals surface area (Å²) in [7, 11) is 7.11. The summed E-state index contributed by atoms with van der Waals surface area (Å²) in [4.78, 5) is 0. The van der Waals surface area contributed by atoms with Crippen LogP contribution in [0.5, 0.6) is 23.0 Å². The predicted molar refractivity (Wildman–Crippen MR) is 194 cm³/mol. The van der Waals surface area contributed by atoms with Crippen LogP contribution in [0, 0.1) is 11.8 Å². The van der Waals surface area contributed by atoms with Crippen LogP contribution in [0.15, 0.2) is 36.9 Å². The van der Waals surface area contributed by atoms with Crippen molar-refractivity contribution >= 4 is 0 Å². The molecule has 0 saturated carbocycles. The standard InChI is InChI=1S/C41H66O5/c1-10-13-19-34(17-12-3)40-36(43-6)26-32(27-37(40)44-7)24-30(4)18-15-16-21-35(20-14-11-2)41-38(45-8)28-33(29-39(41)46-9)25-31(5)22-23-42/h12,26-31,34-35,42H,3,10-11,13-25H2,1-2,4-9H3/t30-,31-,34+,35-/m0/s1. The highest BCUT2D eigenvalue weighted by molar-refractivity contribution is 5.51. The lowest BCUT2D eigenvalue weighted by molar-refractivity contribution is 0.262. The van der Waals surface area contributed by atoms with Crippen LogP contribution in [-0.2, 0) is 12.8 Å². The summed E-state index contributed by atoms with van der Waals surface area (Å²) in [6, 6.07) is 8.88. The van der Waals surface area contributed by atoms with Crippen molar-refractivity contribution in [3.8, 4) is 23.0 Å². The smallest absolute Gasteiger partial charge is 0.126 e. The van der Waals surface area contributed by atoms with Gasteiger partial charge in [0.25, 0.3) is 0 Å². The lowest BCUT2D eigenvalue weighted by Crippen LogP contribution is -2.08. The number of rotatable bonds is 25. The van der Waals surface area contributed by atoms with Crippen molar-refractivity contribution in [2.24, 2.45) is 11.8 Å². The van der Waals surface area contributed by atoms with E-state index >= 15 is 0 Å². The van der Waals surface area contributed by atoms with Crippen molar-refractivity contribution in [1.82, 2.24) is 0 Å². The SMILES string of the molecule is C=CC[C@H](CCCC)c1c(OC)cc(C[C@@H](C)CCCC[C@H](CCCC)c2c(OC)cc(C[C@@H](C)CCO)cc2OC)cc1OC. The Balaban J connectivity index is 2.13. The van der Waals surface area contributed by atoms with Crippen LogP contribution in [0.2, 0.25) is 0 Å². The van der Waals surface area contributed by atoms with Gasteiger partial charge in [0.1, 0.15) is 23.0 Å². The molecule has 1 N–H and O–H groups in total. The maximum absolute atomic E-state index is 9.37. The van der Waals surface area contributed by atoms with Crippen molar-refractivity contribution in [2.75, 3.05) is 35.0 Å². The zero-order chi connectivity index (χ0) is 33.9. The van der Waals surface area contributed by atoms with Gasteiger partial charge in [0.05, 0.1) is 28.4 Å². The zero-order valence-electron chi connectivity index (χ0n) is 30.6. The van der Waals surface area contributed by atoms with Gasteiger partial charge in [0, 0.05) is 17.7 Å². The minimum atomic E-state index is 0.218.